The van der Waals surface area contributed by atoms with E-state index >= 15 is 0 Å². The number of fused-ring (bicyclic) bond motifs is 1. The summed E-state index contributed by atoms with van der Waals surface area (Å²) in [6.07, 6.45) is 0.985. The first-order valence-corrected chi connectivity index (χ1v) is 6.48. The lowest BCUT2D eigenvalue weighted by Crippen LogP contribution is -2.24. The third-order valence-electron chi connectivity index (χ3n) is 3.62. The van der Waals surface area contributed by atoms with E-state index in [2.05, 4.69) is 17.4 Å². The van der Waals surface area contributed by atoms with Crippen LogP contribution in [0.5, 0.6) is 0 Å². The van der Waals surface area contributed by atoms with Crippen LogP contribution in [0.1, 0.15) is 21.5 Å². The van der Waals surface area contributed by atoms with E-state index in [1.807, 2.05) is 24.3 Å². The van der Waals surface area contributed by atoms with Gasteiger partial charge in [-0.25, -0.2) is 0 Å². The van der Waals surface area contributed by atoms with E-state index in [0.717, 1.165) is 30.6 Å². The predicted molar refractivity (Wildman–Crippen MR) is 75.8 cm³/mol. The zero-order valence-electron chi connectivity index (χ0n) is 10.6. The van der Waals surface area contributed by atoms with Gasteiger partial charge >= 0.3 is 0 Å². The van der Waals surface area contributed by atoms with Crippen molar-refractivity contribution in [2.45, 2.75) is 13.0 Å². The van der Waals surface area contributed by atoms with Gasteiger partial charge < -0.3 is 11.1 Å². The number of benzene rings is 2. The van der Waals surface area contributed by atoms with E-state index in [4.69, 9.17) is 5.73 Å². The minimum Gasteiger partial charge on any atom is -0.366 e. The Morgan fingerprint density at radius 3 is 2.68 bits per heavy atom. The molecule has 0 aromatic heterocycles. The first-order valence-electron chi connectivity index (χ1n) is 6.48. The van der Waals surface area contributed by atoms with Gasteiger partial charge in [-0.3, -0.25) is 4.79 Å². The summed E-state index contributed by atoms with van der Waals surface area (Å²) in [7, 11) is 0. The third-order valence-corrected chi connectivity index (χ3v) is 3.62. The van der Waals surface area contributed by atoms with Gasteiger partial charge in [-0.2, -0.15) is 0 Å². The van der Waals surface area contributed by atoms with E-state index in [0.29, 0.717) is 5.56 Å². The van der Waals surface area contributed by atoms with E-state index in [9.17, 15) is 4.79 Å². The number of rotatable bonds is 2. The quantitative estimate of drug-likeness (QED) is 0.860. The molecule has 0 unspecified atom stereocenters. The van der Waals surface area contributed by atoms with Crippen LogP contribution in [0.2, 0.25) is 0 Å². The van der Waals surface area contributed by atoms with Gasteiger partial charge in [-0.05, 0) is 41.3 Å². The number of primary amides is 1. The molecule has 1 aliphatic rings. The van der Waals surface area contributed by atoms with Gasteiger partial charge in [0.05, 0.1) is 0 Å². The fourth-order valence-corrected chi connectivity index (χ4v) is 2.72. The minimum atomic E-state index is -0.373. The van der Waals surface area contributed by atoms with Gasteiger partial charge in [0.1, 0.15) is 0 Å². The zero-order chi connectivity index (χ0) is 13.2. The molecule has 1 aliphatic heterocycles. The Morgan fingerprint density at radius 1 is 1.05 bits per heavy atom. The van der Waals surface area contributed by atoms with Crippen molar-refractivity contribution in [2.24, 2.45) is 5.73 Å². The summed E-state index contributed by atoms with van der Waals surface area (Å²) in [6.45, 7) is 1.87. The van der Waals surface area contributed by atoms with Crippen LogP contribution < -0.4 is 11.1 Å². The molecule has 3 nitrogen and oxygen atoms in total. The molecule has 96 valence electrons. The number of nitrogens with one attached hydrogen (secondary N) is 1. The summed E-state index contributed by atoms with van der Waals surface area (Å²) in [6, 6.07) is 13.8. The molecule has 0 spiro atoms. The van der Waals surface area contributed by atoms with Crippen molar-refractivity contribution in [1.82, 2.24) is 5.32 Å². The largest absolute Gasteiger partial charge is 0.366 e. The monoisotopic (exact) mass is 252 g/mol. The molecule has 0 saturated heterocycles. The molecule has 0 bridgehead atoms. The molecule has 0 radical (unpaired) electrons. The van der Waals surface area contributed by atoms with E-state index in [-0.39, 0.29) is 5.91 Å². The van der Waals surface area contributed by atoms with E-state index in [1.165, 1.54) is 11.1 Å². The number of hydrogen-bond acceptors (Lipinski definition) is 2. The lowest BCUT2D eigenvalue weighted by Gasteiger charge is -2.21. The van der Waals surface area contributed by atoms with Crippen molar-refractivity contribution in [3.63, 3.8) is 0 Å². The number of hydrogen-bond donors (Lipinski definition) is 2. The van der Waals surface area contributed by atoms with Crippen LogP contribution in [0.25, 0.3) is 11.1 Å². The number of nitrogens with two attached hydrogens (primary N) is 1. The molecule has 0 aliphatic carbocycles. The summed E-state index contributed by atoms with van der Waals surface area (Å²) in [5.74, 6) is -0.373. The topological polar surface area (TPSA) is 55.1 Å². The maximum Gasteiger partial charge on any atom is 0.249 e. The Hall–Kier alpha value is -2.13. The maximum absolute atomic E-state index is 11.6. The predicted octanol–water partition coefficient (Wildman–Crippen LogP) is 2.10. The van der Waals surface area contributed by atoms with Crippen molar-refractivity contribution in [3.05, 3.63) is 59.2 Å². The summed E-state index contributed by atoms with van der Waals surface area (Å²) in [4.78, 5) is 11.6. The molecule has 1 amide bonds. The van der Waals surface area contributed by atoms with Crippen LogP contribution in [0.4, 0.5) is 0 Å². The SMILES string of the molecule is NC(=O)c1ccccc1-c1cccc2c1CCNC2. The van der Waals surface area contributed by atoms with Gasteiger partial charge in [-0.1, -0.05) is 36.4 Å². The first kappa shape index (κ1) is 11.9. The Bertz CT molecular complexity index is 634. The average molecular weight is 252 g/mol. The highest BCUT2D eigenvalue weighted by Crippen LogP contribution is 2.30. The van der Waals surface area contributed by atoms with Crippen molar-refractivity contribution in [3.8, 4) is 11.1 Å². The Labute approximate surface area is 112 Å². The van der Waals surface area contributed by atoms with E-state index in [1.54, 1.807) is 6.07 Å². The van der Waals surface area contributed by atoms with E-state index < -0.39 is 0 Å². The molecule has 3 heteroatoms. The molecule has 0 fully saturated rings. The van der Waals surface area contributed by atoms with Gasteiger partial charge in [-0.15, -0.1) is 0 Å². The molecule has 19 heavy (non-hydrogen) atoms. The zero-order valence-corrected chi connectivity index (χ0v) is 10.6. The van der Waals surface area contributed by atoms with Crippen LogP contribution in [-0.2, 0) is 13.0 Å². The number of carbonyl (C=O) groups excluding carboxylic acids is 1. The molecule has 0 saturated carbocycles. The highest BCUT2D eigenvalue weighted by Gasteiger charge is 2.16. The minimum absolute atomic E-state index is 0.373. The van der Waals surface area contributed by atoms with Crippen LogP contribution >= 0.6 is 0 Å². The molecule has 2 aromatic rings. The van der Waals surface area contributed by atoms with Crippen molar-refractivity contribution in [1.29, 1.82) is 0 Å². The van der Waals surface area contributed by atoms with Crippen LogP contribution in [0.3, 0.4) is 0 Å². The average Bonchev–Trinajstić information content (AvgIpc) is 2.46. The standard InChI is InChI=1S/C16H16N2O/c17-16(19)15-6-2-1-5-14(15)13-7-3-4-11-10-18-9-8-12(11)13/h1-7,18H,8-10H2,(H2,17,19). The lowest BCUT2D eigenvalue weighted by atomic mass is 9.89. The molecule has 1 heterocycles. The number of carbonyl (C=O) groups is 1. The summed E-state index contributed by atoms with van der Waals surface area (Å²) in [5, 5.41) is 3.37. The van der Waals surface area contributed by atoms with Gasteiger partial charge in [0, 0.05) is 12.1 Å². The second-order valence-electron chi connectivity index (χ2n) is 4.78. The Balaban J connectivity index is 2.20. The smallest absolute Gasteiger partial charge is 0.249 e. The molecule has 3 N–H and O–H groups in total. The van der Waals surface area contributed by atoms with Crippen molar-refractivity contribution < 1.29 is 4.79 Å². The molecular weight excluding hydrogens is 236 g/mol. The number of amides is 1. The van der Waals surface area contributed by atoms with Crippen LogP contribution in [0.15, 0.2) is 42.5 Å². The van der Waals surface area contributed by atoms with Crippen molar-refractivity contribution >= 4 is 5.91 Å². The first-order chi connectivity index (χ1) is 9.27. The highest BCUT2D eigenvalue weighted by atomic mass is 16.1. The van der Waals surface area contributed by atoms with Gasteiger partial charge in [0.25, 0.3) is 0 Å². The third kappa shape index (κ3) is 2.13. The summed E-state index contributed by atoms with van der Waals surface area (Å²) < 4.78 is 0. The summed E-state index contributed by atoms with van der Waals surface area (Å²) in [5.41, 5.74) is 10.8. The second kappa shape index (κ2) is 4.86. The Kier molecular flexibility index (Phi) is 3.05. The fourth-order valence-electron chi connectivity index (χ4n) is 2.72. The molecule has 3 rings (SSSR count). The maximum atomic E-state index is 11.6. The fraction of sp³-hybridized carbons (Fsp3) is 0.188. The van der Waals surface area contributed by atoms with Gasteiger partial charge in [0.2, 0.25) is 5.91 Å². The van der Waals surface area contributed by atoms with Crippen LogP contribution in [0, 0.1) is 0 Å². The summed E-state index contributed by atoms with van der Waals surface area (Å²) >= 11 is 0. The normalized spacial score (nSPS) is 13.9. The van der Waals surface area contributed by atoms with Crippen LogP contribution in [-0.4, -0.2) is 12.5 Å². The second-order valence-corrected chi connectivity index (χ2v) is 4.78. The van der Waals surface area contributed by atoms with Gasteiger partial charge in [0.15, 0.2) is 0 Å². The highest BCUT2D eigenvalue weighted by molar-refractivity contribution is 6.00. The molecular formula is C16H16N2O. The lowest BCUT2D eigenvalue weighted by molar-refractivity contribution is 0.100. The molecule has 2 aromatic carbocycles. The molecule has 0 atom stereocenters. The Morgan fingerprint density at radius 2 is 1.84 bits per heavy atom. The van der Waals surface area contributed by atoms with Crippen molar-refractivity contribution in [2.75, 3.05) is 6.54 Å².